The maximum absolute atomic E-state index is 12.9. The van der Waals surface area contributed by atoms with Crippen LogP contribution in [0, 0.1) is 0 Å². The number of amides is 1. The molecule has 4 rings (SSSR count). The highest BCUT2D eigenvalue weighted by Gasteiger charge is 2.24. The van der Waals surface area contributed by atoms with E-state index in [2.05, 4.69) is 5.32 Å². The van der Waals surface area contributed by atoms with Gasteiger partial charge < -0.3 is 19.5 Å². The molecule has 3 aromatic rings. The van der Waals surface area contributed by atoms with E-state index in [0.717, 1.165) is 11.1 Å². The highest BCUT2D eigenvalue weighted by atomic mass is 16.6. The molecule has 0 saturated heterocycles. The summed E-state index contributed by atoms with van der Waals surface area (Å²) >= 11 is 0. The normalized spacial score (nSPS) is 13.4. The van der Waals surface area contributed by atoms with Gasteiger partial charge in [0.15, 0.2) is 17.6 Å². The largest absolute Gasteiger partial charge is 0.486 e. The van der Waals surface area contributed by atoms with Gasteiger partial charge in [-0.25, -0.2) is 4.79 Å². The van der Waals surface area contributed by atoms with Crippen LogP contribution in [0.2, 0.25) is 0 Å². The summed E-state index contributed by atoms with van der Waals surface area (Å²) in [4.78, 5) is 25.4. The van der Waals surface area contributed by atoms with E-state index in [0.29, 0.717) is 30.3 Å². The molecule has 0 spiro atoms. The van der Waals surface area contributed by atoms with Crippen LogP contribution < -0.4 is 14.8 Å². The van der Waals surface area contributed by atoms with Crippen molar-refractivity contribution in [3.05, 3.63) is 95.6 Å². The fourth-order valence-electron chi connectivity index (χ4n) is 3.36. The Bertz CT molecular complexity index is 1010. The average Bonchev–Trinajstić information content (AvgIpc) is 2.83. The van der Waals surface area contributed by atoms with Gasteiger partial charge in [0.2, 0.25) is 0 Å². The van der Waals surface area contributed by atoms with Gasteiger partial charge in [-0.2, -0.15) is 0 Å². The molecule has 0 radical (unpaired) electrons. The molecule has 31 heavy (non-hydrogen) atoms. The van der Waals surface area contributed by atoms with Crippen molar-refractivity contribution >= 4 is 11.9 Å². The first-order valence-corrected chi connectivity index (χ1v) is 10.1. The monoisotopic (exact) mass is 417 g/mol. The molecule has 0 saturated carbocycles. The number of rotatable bonds is 6. The highest BCUT2D eigenvalue weighted by molar-refractivity contribution is 5.93. The Labute approximate surface area is 180 Å². The molecule has 3 aromatic carbocycles. The number of ether oxygens (including phenoxy) is 3. The number of hydrogen-bond donors (Lipinski definition) is 1. The fraction of sp³-hybridized carbons (Fsp3) is 0.200. The standard InChI is InChI=1S/C25H23NO5/c1-17(31-25(28)20-12-13-21-22(16-20)30-15-14-29-21)24(27)26-23(18-8-4-2-5-9-18)19-10-6-3-7-11-19/h2-13,16-17,23H,14-15H2,1H3,(H,26,27)/t17-/m1/s1. The summed E-state index contributed by atoms with van der Waals surface area (Å²) in [7, 11) is 0. The maximum atomic E-state index is 12.9. The Morgan fingerprint density at radius 2 is 1.42 bits per heavy atom. The Hall–Kier alpha value is -3.80. The average molecular weight is 417 g/mol. The number of benzene rings is 3. The Morgan fingerprint density at radius 1 is 0.839 bits per heavy atom. The zero-order valence-electron chi connectivity index (χ0n) is 17.1. The summed E-state index contributed by atoms with van der Waals surface area (Å²) in [6.07, 6.45) is -0.976. The number of nitrogens with one attached hydrogen (secondary N) is 1. The van der Waals surface area contributed by atoms with E-state index >= 15 is 0 Å². The first kappa shape index (κ1) is 20.5. The third-order valence-electron chi connectivity index (χ3n) is 4.98. The van der Waals surface area contributed by atoms with E-state index < -0.39 is 12.1 Å². The van der Waals surface area contributed by atoms with Crippen LogP contribution in [0.1, 0.15) is 34.5 Å². The lowest BCUT2D eigenvalue weighted by Gasteiger charge is -2.22. The summed E-state index contributed by atoms with van der Waals surface area (Å²) in [5.74, 6) is 0.0902. The van der Waals surface area contributed by atoms with Crippen LogP contribution in [0.15, 0.2) is 78.9 Å². The van der Waals surface area contributed by atoms with Crippen LogP contribution in [0.25, 0.3) is 0 Å². The Kier molecular flexibility index (Phi) is 6.17. The second-order valence-corrected chi connectivity index (χ2v) is 7.17. The van der Waals surface area contributed by atoms with Crippen LogP contribution in [0.3, 0.4) is 0 Å². The third kappa shape index (κ3) is 4.86. The van der Waals surface area contributed by atoms with Gasteiger partial charge in [0.05, 0.1) is 11.6 Å². The van der Waals surface area contributed by atoms with Crippen LogP contribution in [-0.4, -0.2) is 31.2 Å². The number of hydrogen-bond acceptors (Lipinski definition) is 5. The van der Waals surface area contributed by atoms with Crippen molar-refractivity contribution in [1.29, 1.82) is 0 Å². The van der Waals surface area contributed by atoms with Gasteiger partial charge in [-0.05, 0) is 36.2 Å². The van der Waals surface area contributed by atoms with Crippen LogP contribution in [-0.2, 0) is 9.53 Å². The van der Waals surface area contributed by atoms with Gasteiger partial charge in [-0.3, -0.25) is 4.79 Å². The lowest BCUT2D eigenvalue weighted by Crippen LogP contribution is -2.38. The van der Waals surface area contributed by atoms with E-state index in [1.807, 2.05) is 60.7 Å². The summed E-state index contributed by atoms with van der Waals surface area (Å²) in [6, 6.07) is 23.8. The van der Waals surface area contributed by atoms with Crippen LogP contribution in [0.4, 0.5) is 0 Å². The van der Waals surface area contributed by atoms with E-state index in [1.54, 1.807) is 25.1 Å². The molecule has 1 aliphatic rings. The predicted octanol–water partition coefficient (Wildman–Crippen LogP) is 3.91. The van der Waals surface area contributed by atoms with Crippen molar-refractivity contribution in [2.24, 2.45) is 0 Å². The van der Waals surface area contributed by atoms with Gasteiger partial charge in [0.25, 0.3) is 5.91 Å². The lowest BCUT2D eigenvalue weighted by atomic mass is 9.98. The van der Waals surface area contributed by atoms with Crippen molar-refractivity contribution in [2.75, 3.05) is 13.2 Å². The van der Waals surface area contributed by atoms with Crippen LogP contribution in [0.5, 0.6) is 11.5 Å². The van der Waals surface area contributed by atoms with E-state index in [-0.39, 0.29) is 11.9 Å². The SMILES string of the molecule is C[C@@H](OC(=O)c1ccc2c(c1)OCCO2)C(=O)NC(c1ccccc1)c1ccccc1. The number of carbonyl (C=O) groups is 2. The smallest absolute Gasteiger partial charge is 0.339 e. The van der Waals surface area contributed by atoms with Crippen molar-refractivity contribution in [1.82, 2.24) is 5.32 Å². The Balaban J connectivity index is 1.46. The van der Waals surface area contributed by atoms with Gasteiger partial charge in [0, 0.05) is 0 Å². The first-order valence-electron chi connectivity index (χ1n) is 10.1. The molecule has 1 N–H and O–H groups in total. The van der Waals surface area contributed by atoms with E-state index in [4.69, 9.17) is 14.2 Å². The van der Waals surface area contributed by atoms with Crippen molar-refractivity contribution in [3.8, 4) is 11.5 Å². The minimum absolute atomic E-state index is 0.298. The summed E-state index contributed by atoms with van der Waals surface area (Å²) < 4.78 is 16.4. The molecule has 0 unspecified atom stereocenters. The molecular formula is C25H23NO5. The van der Waals surface area contributed by atoms with Crippen molar-refractivity contribution < 1.29 is 23.8 Å². The summed E-state index contributed by atoms with van der Waals surface area (Å²) in [6.45, 7) is 2.45. The minimum atomic E-state index is -0.976. The summed E-state index contributed by atoms with van der Waals surface area (Å²) in [5, 5.41) is 3.00. The van der Waals surface area contributed by atoms with E-state index in [9.17, 15) is 9.59 Å². The Morgan fingerprint density at radius 3 is 2.03 bits per heavy atom. The zero-order valence-corrected chi connectivity index (χ0v) is 17.1. The number of carbonyl (C=O) groups excluding carboxylic acids is 2. The van der Waals surface area contributed by atoms with Crippen molar-refractivity contribution in [2.45, 2.75) is 19.1 Å². The fourth-order valence-corrected chi connectivity index (χ4v) is 3.36. The van der Waals surface area contributed by atoms with E-state index in [1.165, 1.54) is 0 Å². The highest BCUT2D eigenvalue weighted by Crippen LogP contribution is 2.31. The lowest BCUT2D eigenvalue weighted by molar-refractivity contribution is -0.129. The predicted molar refractivity (Wildman–Crippen MR) is 115 cm³/mol. The summed E-state index contributed by atoms with van der Waals surface area (Å²) in [5.41, 5.74) is 2.17. The molecule has 1 heterocycles. The van der Waals surface area contributed by atoms with Gasteiger partial charge in [-0.15, -0.1) is 0 Å². The van der Waals surface area contributed by atoms with Crippen LogP contribution >= 0.6 is 0 Å². The van der Waals surface area contributed by atoms with Gasteiger partial charge in [0.1, 0.15) is 13.2 Å². The molecule has 6 nitrogen and oxygen atoms in total. The number of esters is 1. The van der Waals surface area contributed by atoms with Gasteiger partial charge >= 0.3 is 5.97 Å². The molecular weight excluding hydrogens is 394 g/mol. The molecule has 1 aliphatic heterocycles. The molecule has 0 bridgehead atoms. The van der Waals surface area contributed by atoms with Gasteiger partial charge in [-0.1, -0.05) is 60.7 Å². The second kappa shape index (κ2) is 9.34. The third-order valence-corrected chi connectivity index (χ3v) is 4.98. The number of fused-ring (bicyclic) bond motifs is 1. The van der Waals surface area contributed by atoms with Crippen molar-refractivity contribution in [3.63, 3.8) is 0 Å². The molecule has 0 fully saturated rings. The minimum Gasteiger partial charge on any atom is -0.486 e. The molecule has 1 amide bonds. The topological polar surface area (TPSA) is 73.9 Å². The molecule has 0 aliphatic carbocycles. The quantitative estimate of drug-likeness (QED) is 0.616. The molecule has 6 heteroatoms. The molecule has 1 atom stereocenters. The second-order valence-electron chi connectivity index (χ2n) is 7.17. The zero-order chi connectivity index (χ0) is 21.6. The molecule has 0 aromatic heterocycles. The molecule has 158 valence electrons. The first-order chi connectivity index (χ1) is 15.1. The maximum Gasteiger partial charge on any atom is 0.339 e.